The first-order valence-electron chi connectivity index (χ1n) is 11.4. The van der Waals surface area contributed by atoms with E-state index in [0.29, 0.717) is 17.0 Å². The third-order valence-electron chi connectivity index (χ3n) is 5.14. The van der Waals surface area contributed by atoms with E-state index in [1.807, 2.05) is 0 Å². The van der Waals surface area contributed by atoms with E-state index >= 15 is 0 Å². The number of aromatic nitrogens is 3. The van der Waals surface area contributed by atoms with Crippen LogP contribution in [0, 0.1) is 11.6 Å². The molecule has 0 aliphatic rings. The quantitative estimate of drug-likeness (QED) is 0.331. The fraction of sp³-hybridized carbons (Fsp3) is 0.269. The number of nitrogens with zero attached hydrogens (tertiary/aromatic N) is 4. The third-order valence-corrected chi connectivity index (χ3v) is 5.76. The molecule has 3 aromatic heterocycles. The molecular formula is C26H26F2N4O5S. The minimum absolute atomic E-state index is 0.0251. The van der Waals surface area contributed by atoms with E-state index in [1.165, 1.54) is 48.7 Å². The molecule has 38 heavy (non-hydrogen) atoms. The van der Waals surface area contributed by atoms with Gasteiger partial charge in [-0.15, -0.1) is 0 Å². The second kappa shape index (κ2) is 9.67. The molecule has 1 aromatic carbocycles. The van der Waals surface area contributed by atoms with Gasteiger partial charge in [0.1, 0.15) is 22.6 Å². The summed E-state index contributed by atoms with van der Waals surface area (Å²) in [5.41, 5.74) is -0.782. The Morgan fingerprint density at radius 2 is 1.76 bits per heavy atom. The monoisotopic (exact) mass is 544 g/mol. The van der Waals surface area contributed by atoms with Crippen molar-refractivity contribution in [3.8, 4) is 22.8 Å². The summed E-state index contributed by atoms with van der Waals surface area (Å²) in [6.45, 7) is 5.12. The molecule has 9 nitrogen and oxygen atoms in total. The van der Waals surface area contributed by atoms with Gasteiger partial charge in [0.15, 0.2) is 23.1 Å². The number of ether oxygens (including phenoxy) is 2. The van der Waals surface area contributed by atoms with Gasteiger partial charge in [0, 0.05) is 58.7 Å². The van der Waals surface area contributed by atoms with Crippen LogP contribution >= 0.6 is 0 Å². The predicted molar refractivity (Wildman–Crippen MR) is 141 cm³/mol. The van der Waals surface area contributed by atoms with Crippen molar-refractivity contribution < 1.29 is 27.3 Å². The summed E-state index contributed by atoms with van der Waals surface area (Å²) in [6.07, 6.45) is 5.03. The van der Waals surface area contributed by atoms with Crippen LogP contribution in [0.3, 0.4) is 0 Å². The predicted octanol–water partition coefficient (Wildman–Crippen LogP) is 5.61. The first kappa shape index (κ1) is 27.0. The Bertz CT molecular complexity index is 1750. The molecule has 0 amide bonds. The molecule has 4 aromatic rings. The van der Waals surface area contributed by atoms with E-state index in [-0.39, 0.29) is 28.5 Å². The van der Waals surface area contributed by atoms with Crippen LogP contribution in [0.15, 0.2) is 57.9 Å². The normalized spacial score (nSPS) is 12.0. The molecule has 200 valence electrons. The molecular weight excluding hydrogens is 518 g/mol. The molecule has 0 saturated heterocycles. The molecule has 12 heteroatoms. The van der Waals surface area contributed by atoms with Gasteiger partial charge in [0.25, 0.3) is 5.56 Å². The van der Waals surface area contributed by atoms with Crippen LogP contribution < -0.4 is 10.3 Å². The standard InChI is InChI=1S/C26H26F2N4O5S/c1-26(2,3)37-25(34)32-12-11-16-17(14-31(4)24(33)23(16)32)22-20(9-10-21(29-22)30-38(5,6)35)36-19-8-7-15(27)13-18(19)28/h7-14H,1-6H3. The summed E-state index contributed by atoms with van der Waals surface area (Å²) in [7, 11) is -1.09. The summed E-state index contributed by atoms with van der Waals surface area (Å²) in [6, 6.07) is 7.30. The van der Waals surface area contributed by atoms with Crippen molar-refractivity contribution in [2.45, 2.75) is 26.4 Å². The number of carbonyl (C=O) groups is 1. The van der Waals surface area contributed by atoms with E-state index in [4.69, 9.17) is 9.47 Å². The number of halogens is 2. The maximum absolute atomic E-state index is 14.4. The Morgan fingerprint density at radius 1 is 1.08 bits per heavy atom. The highest BCUT2D eigenvalue weighted by Gasteiger charge is 2.24. The first-order valence-corrected chi connectivity index (χ1v) is 13.7. The minimum Gasteiger partial charge on any atom is -0.452 e. The molecule has 0 spiro atoms. The lowest BCUT2D eigenvalue weighted by Gasteiger charge is -2.20. The van der Waals surface area contributed by atoms with Crippen LogP contribution in [0.1, 0.15) is 20.8 Å². The average molecular weight is 545 g/mol. The Morgan fingerprint density at radius 3 is 2.39 bits per heavy atom. The summed E-state index contributed by atoms with van der Waals surface area (Å²) in [5, 5.41) is 0.335. The Balaban J connectivity index is 1.98. The molecule has 0 aliphatic carbocycles. The van der Waals surface area contributed by atoms with Gasteiger partial charge in [-0.3, -0.25) is 4.79 Å². The number of pyridine rings is 2. The zero-order valence-corrected chi connectivity index (χ0v) is 22.4. The number of aryl methyl sites for hydroxylation is 1. The highest BCUT2D eigenvalue weighted by molar-refractivity contribution is 7.92. The fourth-order valence-corrected chi connectivity index (χ4v) is 4.22. The van der Waals surface area contributed by atoms with Gasteiger partial charge in [-0.25, -0.2) is 27.3 Å². The SMILES string of the molecule is Cn1cc(-c2nc(N=S(C)(C)=O)ccc2Oc2ccc(F)cc2F)c2ccn(C(=O)OC(C)(C)C)c2c1=O. The van der Waals surface area contributed by atoms with Crippen LogP contribution in [0.5, 0.6) is 11.5 Å². The van der Waals surface area contributed by atoms with Gasteiger partial charge in [-0.1, -0.05) is 0 Å². The molecule has 0 bridgehead atoms. The van der Waals surface area contributed by atoms with E-state index in [2.05, 4.69) is 9.35 Å². The van der Waals surface area contributed by atoms with Crippen molar-refractivity contribution in [1.29, 1.82) is 0 Å². The highest BCUT2D eigenvalue weighted by atomic mass is 32.2. The molecule has 0 aliphatic heterocycles. The Labute approximate surface area is 217 Å². The molecule has 0 saturated carbocycles. The van der Waals surface area contributed by atoms with Crippen LogP contribution in [0.25, 0.3) is 22.2 Å². The zero-order valence-electron chi connectivity index (χ0n) is 21.6. The van der Waals surface area contributed by atoms with Gasteiger partial charge < -0.3 is 14.0 Å². The minimum atomic E-state index is -2.59. The lowest BCUT2D eigenvalue weighted by molar-refractivity contribution is 0.0544. The van der Waals surface area contributed by atoms with E-state index in [9.17, 15) is 22.6 Å². The first-order chi connectivity index (χ1) is 17.6. The molecule has 0 N–H and O–H groups in total. The van der Waals surface area contributed by atoms with Gasteiger partial charge in [0.05, 0.1) is 0 Å². The lowest BCUT2D eigenvalue weighted by atomic mass is 10.1. The zero-order chi connectivity index (χ0) is 28.0. The van der Waals surface area contributed by atoms with Crippen molar-refractivity contribution in [1.82, 2.24) is 14.1 Å². The van der Waals surface area contributed by atoms with Gasteiger partial charge in [-0.2, -0.15) is 4.36 Å². The maximum atomic E-state index is 14.4. The highest BCUT2D eigenvalue weighted by Crippen LogP contribution is 2.38. The van der Waals surface area contributed by atoms with Gasteiger partial charge >= 0.3 is 6.09 Å². The number of carbonyl (C=O) groups excluding carboxylic acids is 1. The van der Waals surface area contributed by atoms with Crippen molar-refractivity contribution in [3.63, 3.8) is 0 Å². The maximum Gasteiger partial charge on any atom is 0.419 e. The molecule has 3 heterocycles. The van der Waals surface area contributed by atoms with E-state index < -0.39 is 38.6 Å². The fourth-order valence-electron chi connectivity index (χ4n) is 3.67. The van der Waals surface area contributed by atoms with Gasteiger partial charge in [0.2, 0.25) is 0 Å². The van der Waals surface area contributed by atoms with Crippen molar-refractivity contribution in [3.05, 3.63) is 70.8 Å². The third kappa shape index (κ3) is 5.75. The summed E-state index contributed by atoms with van der Waals surface area (Å²) >= 11 is 0. The van der Waals surface area contributed by atoms with E-state index in [0.717, 1.165) is 16.7 Å². The van der Waals surface area contributed by atoms with Crippen molar-refractivity contribution in [2.75, 3.05) is 12.5 Å². The molecule has 0 fully saturated rings. The van der Waals surface area contributed by atoms with E-state index in [1.54, 1.807) is 26.8 Å². The number of fused-ring (bicyclic) bond motifs is 1. The van der Waals surface area contributed by atoms with Crippen LogP contribution in [0.2, 0.25) is 0 Å². The van der Waals surface area contributed by atoms with Crippen molar-refractivity contribution in [2.24, 2.45) is 11.4 Å². The Hall–Kier alpha value is -4.06. The van der Waals surface area contributed by atoms with Gasteiger partial charge in [-0.05, 0) is 51.1 Å². The number of hydrogen-bond donors (Lipinski definition) is 0. The topological polar surface area (TPSA) is 105 Å². The van der Waals surface area contributed by atoms with Crippen LogP contribution in [-0.2, 0) is 21.5 Å². The van der Waals surface area contributed by atoms with Crippen molar-refractivity contribution >= 4 is 32.5 Å². The Kier molecular flexibility index (Phi) is 6.87. The largest absolute Gasteiger partial charge is 0.452 e. The summed E-state index contributed by atoms with van der Waals surface area (Å²) < 4.78 is 57.9. The summed E-state index contributed by atoms with van der Waals surface area (Å²) in [4.78, 5) is 30.5. The average Bonchev–Trinajstić information content (AvgIpc) is 3.23. The lowest BCUT2D eigenvalue weighted by Crippen LogP contribution is -2.29. The second-order valence-electron chi connectivity index (χ2n) is 9.85. The molecule has 0 radical (unpaired) electrons. The van der Waals surface area contributed by atoms with Crippen LogP contribution in [0.4, 0.5) is 19.4 Å². The van der Waals surface area contributed by atoms with Crippen LogP contribution in [-0.4, -0.2) is 42.5 Å². The smallest absolute Gasteiger partial charge is 0.419 e. The number of rotatable bonds is 4. The molecule has 0 unspecified atom stereocenters. The second-order valence-corrected chi connectivity index (χ2v) is 12.4. The molecule has 4 rings (SSSR count). The number of hydrogen-bond acceptors (Lipinski definition) is 7. The molecule has 0 atom stereocenters. The summed E-state index contributed by atoms with van der Waals surface area (Å²) in [5.74, 6) is -1.81. The number of benzene rings is 1.